The lowest BCUT2D eigenvalue weighted by molar-refractivity contribution is 0.0982. The Morgan fingerprint density at radius 1 is 1.00 bits per heavy atom. The van der Waals surface area contributed by atoms with E-state index in [4.69, 9.17) is 0 Å². The second-order valence-electron chi connectivity index (χ2n) is 5.29. The van der Waals surface area contributed by atoms with Gasteiger partial charge >= 0.3 is 0 Å². The molecule has 1 N–H and O–H groups in total. The summed E-state index contributed by atoms with van der Waals surface area (Å²) in [5, 5.41) is 11.4. The van der Waals surface area contributed by atoms with Crippen LogP contribution in [0.3, 0.4) is 0 Å². The lowest BCUT2D eigenvalue weighted by Crippen LogP contribution is -2.31. The quantitative estimate of drug-likeness (QED) is 0.681. The molecule has 1 heterocycles. The van der Waals surface area contributed by atoms with Crippen LogP contribution in [0.15, 0.2) is 71.2 Å². The van der Waals surface area contributed by atoms with E-state index in [2.05, 4.69) is 31.4 Å². The van der Waals surface area contributed by atoms with Gasteiger partial charge in [0.25, 0.3) is 5.91 Å². The van der Waals surface area contributed by atoms with Gasteiger partial charge in [-0.25, -0.2) is 0 Å². The van der Waals surface area contributed by atoms with Gasteiger partial charge in [-0.2, -0.15) is 0 Å². The normalized spacial score (nSPS) is 10.3. The molecule has 126 valence electrons. The zero-order valence-electron chi connectivity index (χ0n) is 13.7. The molecule has 5 nitrogen and oxygen atoms in total. The molecular formula is C19H17BrN4O. The first kappa shape index (κ1) is 17.1. The van der Waals surface area contributed by atoms with Gasteiger partial charge in [-0.3, -0.25) is 4.79 Å². The zero-order valence-corrected chi connectivity index (χ0v) is 15.3. The monoisotopic (exact) mass is 396 g/mol. The van der Waals surface area contributed by atoms with Gasteiger partial charge in [-0.05, 0) is 59.3 Å². The highest BCUT2D eigenvalue weighted by atomic mass is 79.9. The third-order valence-electron chi connectivity index (χ3n) is 3.65. The van der Waals surface area contributed by atoms with Crippen LogP contribution in [0.5, 0.6) is 0 Å². The van der Waals surface area contributed by atoms with Gasteiger partial charge in [0.2, 0.25) is 0 Å². The first-order chi connectivity index (χ1) is 12.2. The van der Waals surface area contributed by atoms with Gasteiger partial charge in [0.05, 0.1) is 5.69 Å². The zero-order chi connectivity index (χ0) is 17.6. The number of para-hydroxylation sites is 2. The number of carbonyl (C=O) groups excluding carboxylic acids is 1. The average molecular weight is 397 g/mol. The Balaban J connectivity index is 1.77. The van der Waals surface area contributed by atoms with Gasteiger partial charge in [0.15, 0.2) is 11.5 Å². The fourth-order valence-corrected chi connectivity index (χ4v) is 2.79. The van der Waals surface area contributed by atoms with Gasteiger partial charge in [0, 0.05) is 16.7 Å². The van der Waals surface area contributed by atoms with Crippen molar-refractivity contribution < 1.29 is 4.79 Å². The number of anilines is 3. The van der Waals surface area contributed by atoms with Crippen molar-refractivity contribution in [1.82, 2.24) is 10.2 Å². The largest absolute Gasteiger partial charge is 0.338 e. The Labute approximate surface area is 154 Å². The van der Waals surface area contributed by atoms with Crippen molar-refractivity contribution in [2.45, 2.75) is 6.92 Å². The van der Waals surface area contributed by atoms with E-state index in [1.165, 1.54) is 0 Å². The molecule has 3 rings (SSSR count). The van der Waals surface area contributed by atoms with E-state index in [1.807, 2.05) is 61.5 Å². The fourth-order valence-electron chi connectivity index (χ4n) is 2.40. The molecule has 0 saturated heterocycles. The number of benzene rings is 2. The first-order valence-electron chi connectivity index (χ1n) is 7.91. The smallest absolute Gasteiger partial charge is 0.278 e. The van der Waals surface area contributed by atoms with Crippen molar-refractivity contribution in [2.24, 2.45) is 0 Å². The van der Waals surface area contributed by atoms with E-state index in [0.717, 1.165) is 15.8 Å². The second kappa shape index (κ2) is 7.90. The van der Waals surface area contributed by atoms with E-state index in [9.17, 15) is 4.79 Å². The molecule has 0 aliphatic carbocycles. The molecule has 0 unspecified atom stereocenters. The lowest BCUT2D eigenvalue weighted by Gasteiger charge is -2.20. The highest BCUT2D eigenvalue weighted by molar-refractivity contribution is 9.10. The van der Waals surface area contributed by atoms with E-state index in [-0.39, 0.29) is 5.91 Å². The Hall–Kier alpha value is -2.73. The van der Waals surface area contributed by atoms with Gasteiger partial charge in [-0.1, -0.05) is 30.3 Å². The standard InChI is InChI=1S/C19H17BrN4O/c1-2-24(14-8-4-3-5-9-14)19(25)17-12-13-18(23-22-17)21-16-11-7-6-10-15(16)20/h3-13H,2H2,1H3,(H,21,23). The summed E-state index contributed by atoms with van der Waals surface area (Å²) in [4.78, 5) is 14.4. The van der Waals surface area contributed by atoms with Crippen LogP contribution in [0.2, 0.25) is 0 Å². The number of rotatable bonds is 5. The third kappa shape index (κ3) is 4.03. The minimum Gasteiger partial charge on any atom is -0.338 e. The number of nitrogens with zero attached hydrogens (tertiary/aromatic N) is 3. The van der Waals surface area contributed by atoms with Crippen LogP contribution in [0, 0.1) is 0 Å². The van der Waals surface area contributed by atoms with Crippen LogP contribution >= 0.6 is 15.9 Å². The van der Waals surface area contributed by atoms with Gasteiger partial charge < -0.3 is 10.2 Å². The number of nitrogens with one attached hydrogen (secondary N) is 1. The predicted octanol–water partition coefficient (Wildman–Crippen LogP) is 4.65. The molecule has 0 fully saturated rings. The van der Waals surface area contributed by atoms with Crippen molar-refractivity contribution >= 4 is 39.0 Å². The number of hydrogen-bond acceptors (Lipinski definition) is 4. The molecular weight excluding hydrogens is 380 g/mol. The molecule has 0 bridgehead atoms. The van der Waals surface area contributed by atoms with Gasteiger partial charge in [-0.15, -0.1) is 10.2 Å². The van der Waals surface area contributed by atoms with Crippen molar-refractivity contribution in [3.05, 3.63) is 76.9 Å². The number of amides is 1. The summed E-state index contributed by atoms with van der Waals surface area (Å²) in [6, 6.07) is 20.7. The van der Waals surface area contributed by atoms with Crippen LogP contribution in [-0.4, -0.2) is 22.6 Å². The Kier molecular flexibility index (Phi) is 5.40. The highest BCUT2D eigenvalue weighted by Gasteiger charge is 2.17. The molecule has 3 aromatic rings. The number of carbonyl (C=O) groups is 1. The van der Waals surface area contributed by atoms with Crippen molar-refractivity contribution in [3.63, 3.8) is 0 Å². The molecule has 0 spiro atoms. The Bertz CT molecular complexity index is 853. The minimum absolute atomic E-state index is 0.173. The number of hydrogen-bond donors (Lipinski definition) is 1. The number of aromatic nitrogens is 2. The lowest BCUT2D eigenvalue weighted by atomic mass is 10.2. The molecule has 0 saturated carbocycles. The maximum atomic E-state index is 12.7. The van der Waals surface area contributed by atoms with Crippen LogP contribution < -0.4 is 10.2 Å². The summed E-state index contributed by atoms with van der Waals surface area (Å²) in [5.74, 6) is 0.403. The van der Waals surface area contributed by atoms with Crippen LogP contribution in [0.4, 0.5) is 17.2 Å². The topological polar surface area (TPSA) is 58.1 Å². The first-order valence-corrected chi connectivity index (χ1v) is 8.70. The summed E-state index contributed by atoms with van der Waals surface area (Å²) in [5.41, 5.74) is 2.03. The van der Waals surface area contributed by atoms with Crippen molar-refractivity contribution in [2.75, 3.05) is 16.8 Å². The Morgan fingerprint density at radius 2 is 1.72 bits per heavy atom. The summed E-state index contributed by atoms with van der Waals surface area (Å²) >= 11 is 3.47. The predicted molar refractivity (Wildman–Crippen MR) is 103 cm³/mol. The molecule has 0 radical (unpaired) electrons. The maximum Gasteiger partial charge on any atom is 0.278 e. The van der Waals surface area contributed by atoms with E-state index >= 15 is 0 Å². The summed E-state index contributed by atoms with van der Waals surface area (Å²) in [6.45, 7) is 2.49. The second-order valence-corrected chi connectivity index (χ2v) is 6.15. The summed E-state index contributed by atoms with van der Waals surface area (Å²) in [7, 11) is 0. The Morgan fingerprint density at radius 3 is 2.36 bits per heavy atom. The molecule has 25 heavy (non-hydrogen) atoms. The molecule has 6 heteroatoms. The van der Waals surface area contributed by atoms with Crippen LogP contribution in [-0.2, 0) is 0 Å². The molecule has 1 aromatic heterocycles. The number of halogens is 1. The molecule has 2 aromatic carbocycles. The van der Waals surface area contributed by atoms with Crippen molar-refractivity contribution in [1.29, 1.82) is 0 Å². The fraction of sp³-hybridized carbons (Fsp3) is 0.105. The molecule has 0 aliphatic rings. The van der Waals surface area contributed by atoms with Crippen LogP contribution in [0.1, 0.15) is 17.4 Å². The highest BCUT2D eigenvalue weighted by Crippen LogP contribution is 2.24. The summed E-state index contributed by atoms with van der Waals surface area (Å²) < 4.78 is 0.929. The molecule has 0 atom stereocenters. The minimum atomic E-state index is -0.173. The van der Waals surface area contributed by atoms with Crippen molar-refractivity contribution in [3.8, 4) is 0 Å². The van der Waals surface area contributed by atoms with Crippen LogP contribution in [0.25, 0.3) is 0 Å². The van der Waals surface area contributed by atoms with Gasteiger partial charge in [0.1, 0.15) is 0 Å². The average Bonchev–Trinajstić information content (AvgIpc) is 2.66. The molecule has 0 aliphatic heterocycles. The third-order valence-corrected chi connectivity index (χ3v) is 4.34. The van der Waals surface area contributed by atoms with E-state index < -0.39 is 0 Å². The maximum absolute atomic E-state index is 12.7. The van der Waals surface area contributed by atoms with E-state index in [1.54, 1.807) is 17.0 Å². The molecule has 1 amide bonds. The SMILES string of the molecule is CCN(C(=O)c1ccc(Nc2ccccc2Br)nn1)c1ccccc1. The summed E-state index contributed by atoms with van der Waals surface area (Å²) in [6.07, 6.45) is 0. The van der Waals surface area contributed by atoms with E-state index in [0.29, 0.717) is 18.1 Å².